The largest absolute Gasteiger partial charge is 0.0885 e. The molecule has 0 spiro atoms. The van der Waals surface area contributed by atoms with E-state index in [4.69, 9.17) is 0 Å². The summed E-state index contributed by atoms with van der Waals surface area (Å²) in [6.45, 7) is 7.46. The molecule has 0 heteroatoms. The summed E-state index contributed by atoms with van der Waals surface area (Å²) < 4.78 is 0. The Morgan fingerprint density at radius 3 is 2.53 bits per heavy atom. The highest BCUT2D eigenvalue weighted by molar-refractivity contribution is 4.93. The van der Waals surface area contributed by atoms with Crippen LogP contribution in [-0.2, 0) is 0 Å². The maximum Gasteiger partial charge on any atom is -0.0319 e. The minimum Gasteiger partial charge on any atom is -0.0885 e. The van der Waals surface area contributed by atoms with E-state index in [9.17, 15) is 0 Å². The van der Waals surface area contributed by atoms with E-state index in [1.807, 2.05) is 0 Å². The van der Waals surface area contributed by atoms with E-state index in [0.717, 1.165) is 17.8 Å². The molecule has 98 valence electrons. The Labute approximate surface area is 108 Å². The predicted octanol–water partition coefficient (Wildman–Crippen LogP) is 5.59. The third kappa shape index (κ3) is 3.60. The molecule has 3 atom stereocenters. The molecule has 0 heterocycles. The van der Waals surface area contributed by atoms with Gasteiger partial charge in [0.25, 0.3) is 0 Å². The normalized spacial score (nSPS) is 35.2. The predicted molar refractivity (Wildman–Crippen MR) is 76.0 cm³/mol. The van der Waals surface area contributed by atoms with Crippen molar-refractivity contribution in [3.05, 3.63) is 12.2 Å². The Morgan fingerprint density at radius 2 is 1.82 bits per heavy atom. The zero-order valence-electron chi connectivity index (χ0n) is 12.0. The Morgan fingerprint density at radius 1 is 1.00 bits per heavy atom. The van der Waals surface area contributed by atoms with Crippen molar-refractivity contribution in [3.8, 4) is 0 Å². The highest BCUT2D eigenvalue weighted by Gasteiger charge is 2.30. The van der Waals surface area contributed by atoms with E-state index in [1.165, 1.54) is 51.4 Å². The van der Waals surface area contributed by atoms with Gasteiger partial charge in [0.05, 0.1) is 0 Å². The van der Waals surface area contributed by atoms with E-state index in [1.54, 1.807) is 0 Å². The molecule has 0 aliphatic heterocycles. The third-order valence-electron chi connectivity index (χ3n) is 5.42. The van der Waals surface area contributed by atoms with Crippen molar-refractivity contribution < 1.29 is 0 Å². The molecule has 17 heavy (non-hydrogen) atoms. The maximum absolute atomic E-state index is 2.53. The summed E-state index contributed by atoms with van der Waals surface area (Å²) in [6, 6.07) is 0. The fourth-order valence-electron chi connectivity index (χ4n) is 3.89. The molecule has 0 N–H and O–H groups in total. The minimum absolute atomic E-state index is 0.612. The second-order valence-corrected chi connectivity index (χ2v) is 7.26. The fraction of sp³-hybridized carbons (Fsp3) is 0.882. The monoisotopic (exact) mass is 234 g/mol. The van der Waals surface area contributed by atoms with E-state index in [-0.39, 0.29) is 0 Å². The first-order chi connectivity index (χ1) is 8.08. The van der Waals surface area contributed by atoms with Crippen LogP contribution >= 0.6 is 0 Å². The summed E-state index contributed by atoms with van der Waals surface area (Å²) >= 11 is 0. The summed E-state index contributed by atoms with van der Waals surface area (Å²) in [5, 5.41) is 0. The van der Waals surface area contributed by atoms with E-state index >= 15 is 0 Å². The van der Waals surface area contributed by atoms with Gasteiger partial charge in [0.2, 0.25) is 0 Å². The number of allylic oxidation sites excluding steroid dienone is 2. The van der Waals surface area contributed by atoms with Gasteiger partial charge in [-0.3, -0.25) is 0 Å². The highest BCUT2D eigenvalue weighted by atomic mass is 14.4. The molecule has 0 amide bonds. The SMILES string of the molecule is CC(C1CC=CCC1)C1CCCC(C)(C)CC1. The van der Waals surface area contributed by atoms with Crippen LogP contribution in [-0.4, -0.2) is 0 Å². The molecular weight excluding hydrogens is 204 g/mol. The molecule has 0 aromatic carbocycles. The van der Waals surface area contributed by atoms with Crippen LogP contribution in [0.2, 0.25) is 0 Å². The zero-order chi connectivity index (χ0) is 12.3. The molecule has 0 aromatic rings. The molecule has 0 nitrogen and oxygen atoms in total. The lowest BCUT2D eigenvalue weighted by atomic mass is 9.74. The number of hydrogen-bond acceptors (Lipinski definition) is 0. The fourth-order valence-corrected chi connectivity index (χ4v) is 3.89. The van der Waals surface area contributed by atoms with Crippen molar-refractivity contribution >= 4 is 0 Å². The van der Waals surface area contributed by atoms with Gasteiger partial charge in [0.15, 0.2) is 0 Å². The van der Waals surface area contributed by atoms with Crippen LogP contribution in [0.1, 0.15) is 72.1 Å². The quantitative estimate of drug-likeness (QED) is 0.432. The minimum atomic E-state index is 0.612. The molecule has 0 aromatic heterocycles. The lowest BCUT2D eigenvalue weighted by molar-refractivity contribution is 0.205. The Bertz CT molecular complexity index is 261. The molecule has 1 saturated carbocycles. The van der Waals surface area contributed by atoms with Crippen molar-refractivity contribution in [1.29, 1.82) is 0 Å². The molecule has 1 fully saturated rings. The van der Waals surface area contributed by atoms with Gasteiger partial charge in [-0.2, -0.15) is 0 Å². The van der Waals surface area contributed by atoms with Crippen molar-refractivity contribution in [1.82, 2.24) is 0 Å². The molecule has 2 aliphatic carbocycles. The summed E-state index contributed by atoms with van der Waals surface area (Å²) in [7, 11) is 0. The van der Waals surface area contributed by atoms with E-state index < -0.39 is 0 Å². The first-order valence-corrected chi connectivity index (χ1v) is 7.73. The van der Waals surface area contributed by atoms with E-state index in [0.29, 0.717) is 5.41 Å². The molecular formula is C17H30. The summed E-state index contributed by atoms with van der Waals surface area (Å²) in [5.74, 6) is 2.94. The number of hydrogen-bond donors (Lipinski definition) is 0. The molecule has 3 unspecified atom stereocenters. The third-order valence-corrected chi connectivity index (χ3v) is 5.42. The van der Waals surface area contributed by atoms with Crippen LogP contribution in [0.5, 0.6) is 0 Å². The summed E-state index contributed by atoms with van der Waals surface area (Å²) in [5.41, 5.74) is 0.612. The summed E-state index contributed by atoms with van der Waals surface area (Å²) in [4.78, 5) is 0. The van der Waals surface area contributed by atoms with Gasteiger partial charge in [-0.15, -0.1) is 0 Å². The van der Waals surface area contributed by atoms with Crippen molar-refractivity contribution in [2.75, 3.05) is 0 Å². The van der Waals surface area contributed by atoms with Crippen molar-refractivity contribution in [2.24, 2.45) is 23.2 Å². The second-order valence-electron chi connectivity index (χ2n) is 7.26. The summed E-state index contributed by atoms with van der Waals surface area (Å²) in [6.07, 6.45) is 16.2. The van der Waals surface area contributed by atoms with Crippen LogP contribution < -0.4 is 0 Å². The Hall–Kier alpha value is -0.260. The van der Waals surface area contributed by atoms with Gasteiger partial charge in [-0.05, 0) is 61.7 Å². The average molecular weight is 234 g/mol. The first-order valence-electron chi connectivity index (χ1n) is 7.73. The van der Waals surface area contributed by atoms with Crippen LogP contribution in [0.4, 0.5) is 0 Å². The van der Waals surface area contributed by atoms with Gasteiger partial charge in [-0.25, -0.2) is 0 Å². The molecule has 0 bridgehead atoms. The Balaban J connectivity index is 1.90. The average Bonchev–Trinajstić information content (AvgIpc) is 2.50. The lowest BCUT2D eigenvalue weighted by Gasteiger charge is -2.32. The van der Waals surface area contributed by atoms with Crippen LogP contribution in [0, 0.1) is 23.2 Å². The van der Waals surface area contributed by atoms with Gasteiger partial charge in [-0.1, -0.05) is 45.8 Å². The van der Waals surface area contributed by atoms with Crippen LogP contribution in [0.15, 0.2) is 12.2 Å². The lowest BCUT2D eigenvalue weighted by Crippen LogP contribution is -2.22. The number of rotatable bonds is 2. The second kappa shape index (κ2) is 5.59. The van der Waals surface area contributed by atoms with Crippen molar-refractivity contribution in [2.45, 2.75) is 72.1 Å². The zero-order valence-corrected chi connectivity index (χ0v) is 12.0. The van der Waals surface area contributed by atoms with Gasteiger partial charge >= 0.3 is 0 Å². The molecule has 2 rings (SSSR count). The van der Waals surface area contributed by atoms with Gasteiger partial charge in [0, 0.05) is 0 Å². The van der Waals surface area contributed by atoms with Crippen LogP contribution in [0.25, 0.3) is 0 Å². The maximum atomic E-state index is 2.53. The Kier molecular flexibility index (Phi) is 4.33. The first kappa shape index (κ1) is 13.2. The molecule has 0 saturated heterocycles. The smallest absolute Gasteiger partial charge is 0.0319 e. The molecule has 0 radical (unpaired) electrons. The van der Waals surface area contributed by atoms with Crippen LogP contribution in [0.3, 0.4) is 0 Å². The van der Waals surface area contributed by atoms with Crippen molar-refractivity contribution in [3.63, 3.8) is 0 Å². The topological polar surface area (TPSA) is 0 Å². The van der Waals surface area contributed by atoms with Gasteiger partial charge < -0.3 is 0 Å². The standard InChI is InChI=1S/C17H30/c1-14(15-8-5-4-6-9-15)16-10-7-12-17(2,3)13-11-16/h4-5,14-16H,6-13H2,1-3H3. The molecule has 2 aliphatic rings. The van der Waals surface area contributed by atoms with E-state index in [2.05, 4.69) is 32.9 Å². The van der Waals surface area contributed by atoms with Gasteiger partial charge in [0.1, 0.15) is 0 Å². The highest BCUT2D eigenvalue weighted by Crippen LogP contribution is 2.42.